The minimum atomic E-state index is 0.0337. The van der Waals surface area contributed by atoms with Crippen molar-refractivity contribution in [3.63, 3.8) is 0 Å². The summed E-state index contributed by atoms with van der Waals surface area (Å²) >= 11 is 3.22. The normalized spacial score (nSPS) is 28.7. The average molecular weight is 272 g/mol. The van der Waals surface area contributed by atoms with Crippen molar-refractivity contribution in [2.24, 2.45) is 0 Å². The van der Waals surface area contributed by atoms with Crippen LogP contribution in [0.4, 0.5) is 0 Å². The Balaban J connectivity index is 1.84. The standard InChI is InChI=1S/C10H10BrNO3/c11-9-8(1-2-14-9)10(13)12-4-7-3-6(12)5-15-7/h1-2,6-7H,3-5H2. The monoisotopic (exact) mass is 271 g/mol. The van der Waals surface area contributed by atoms with Gasteiger partial charge in [0.15, 0.2) is 4.67 Å². The summed E-state index contributed by atoms with van der Waals surface area (Å²) in [4.78, 5) is 14.0. The van der Waals surface area contributed by atoms with E-state index >= 15 is 0 Å². The Kier molecular flexibility index (Phi) is 2.10. The molecule has 80 valence electrons. The van der Waals surface area contributed by atoms with Gasteiger partial charge in [-0.15, -0.1) is 0 Å². The van der Waals surface area contributed by atoms with E-state index in [9.17, 15) is 4.79 Å². The molecule has 2 aliphatic heterocycles. The van der Waals surface area contributed by atoms with E-state index in [0.717, 1.165) is 6.42 Å². The summed E-state index contributed by atoms with van der Waals surface area (Å²) in [5.41, 5.74) is 0.600. The van der Waals surface area contributed by atoms with E-state index in [0.29, 0.717) is 23.4 Å². The first-order valence-electron chi connectivity index (χ1n) is 4.91. The lowest BCUT2D eigenvalue weighted by Crippen LogP contribution is -2.41. The van der Waals surface area contributed by atoms with E-state index in [2.05, 4.69) is 15.9 Å². The molecular formula is C10H10BrNO3. The fourth-order valence-corrected chi connectivity index (χ4v) is 2.66. The van der Waals surface area contributed by atoms with Crippen LogP contribution < -0.4 is 0 Å². The van der Waals surface area contributed by atoms with Crippen LogP contribution in [-0.4, -0.2) is 36.1 Å². The Morgan fingerprint density at radius 2 is 2.47 bits per heavy atom. The van der Waals surface area contributed by atoms with Crippen LogP contribution in [0.15, 0.2) is 21.4 Å². The Labute approximate surface area is 95.3 Å². The first-order chi connectivity index (χ1) is 7.25. The molecule has 2 unspecified atom stereocenters. The number of carbonyl (C=O) groups excluding carboxylic acids is 1. The number of furan rings is 1. The van der Waals surface area contributed by atoms with Crippen molar-refractivity contribution in [3.05, 3.63) is 22.6 Å². The van der Waals surface area contributed by atoms with E-state index < -0.39 is 0 Å². The maximum Gasteiger partial charge on any atom is 0.258 e. The van der Waals surface area contributed by atoms with Crippen molar-refractivity contribution in [3.8, 4) is 0 Å². The molecule has 0 spiro atoms. The summed E-state index contributed by atoms with van der Waals surface area (Å²) in [5, 5.41) is 0. The molecule has 1 aromatic rings. The third kappa shape index (κ3) is 1.41. The van der Waals surface area contributed by atoms with Crippen molar-refractivity contribution in [2.75, 3.05) is 13.2 Å². The van der Waals surface area contributed by atoms with Crippen molar-refractivity contribution < 1.29 is 13.9 Å². The van der Waals surface area contributed by atoms with Gasteiger partial charge in [-0.25, -0.2) is 0 Å². The molecule has 2 aliphatic rings. The summed E-state index contributed by atoms with van der Waals surface area (Å²) < 4.78 is 11.0. The highest BCUT2D eigenvalue weighted by Crippen LogP contribution is 2.30. The van der Waals surface area contributed by atoms with E-state index in [1.54, 1.807) is 6.07 Å². The third-order valence-electron chi connectivity index (χ3n) is 3.01. The number of carbonyl (C=O) groups is 1. The molecular weight excluding hydrogens is 262 g/mol. The van der Waals surface area contributed by atoms with Crippen LogP contribution >= 0.6 is 15.9 Å². The molecule has 3 heterocycles. The first kappa shape index (κ1) is 9.42. The van der Waals surface area contributed by atoms with Crippen molar-refractivity contribution in [1.82, 2.24) is 4.90 Å². The summed E-state index contributed by atoms with van der Waals surface area (Å²) in [6, 6.07) is 1.95. The molecule has 2 atom stereocenters. The number of amides is 1. The van der Waals surface area contributed by atoms with Crippen molar-refractivity contribution in [1.29, 1.82) is 0 Å². The molecule has 15 heavy (non-hydrogen) atoms. The van der Waals surface area contributed by atoms with Gasteiger partial charge in [0.05, 0.1) is 30.6 Å². The lowest BCUT2D eigenvalue weighted by Gasteiger charge is -2.26. The van der Waals surface area contributed by atoms with Gasteiger partial charge in [0.1, 0.15) is 0 Å². The number of likely N-dealkylation sites (tertiary alicyclic amines) is 1. The van der Waals surface area contributed by atoms with E-state index in [1.807, 2.05) is 4.90 Å². The molecule has 4 nitrogen and oxygen atoms in total. The largest absolute Gasteiger partial charge is 0.457 e. The van der Waals surface area contributed by atoms with Gasteiger partial charge < -0.3 is 14.1 Å². The number of fused-ring (bicyclic) bond motifs is 2. The number of morpholine rings is 1. The van der Waals surface area contributed by atoms with Gasteiger partial charge in [-0.05, 0) is 28.4 Å². The summed E-state index contributed by atoms with van der Waals surface area (Å²) in [5.74, 6) is 0.0337. The Morgan fingerprint density at radius 3 is 3.00 bits per heavy atom. The van der Waals surface area contributed by atoms with Crippen LogP contribution in [0.3, 0.4) is 0 Å². The second-order valence-corrected chi connectivity index (χ2v) is 4.63. The summed E-state index contributed by atoms with van der Waals surface area (Å²) in [7, 11) is 0. The fraction of sp³-hybridized carbons (Fsp3) is 0.500. The molecule has 2 bridgehead atoms. The quantitative estimate of drug-likeness (QED) is 0.780. The van der Waals surface area contributed by atoms with Crippen molar-refractivity contribution >= 4 is 21.8 Å². The Bertz CT molecular complexity index is 403. The lowest BCUT2D eigenvalue weighted by molar-refractivity contribution is 0.0258. The number of rotatable bonds is 1. The zero-order valence-electron chi connectivity index (χ0n) is 7.98. The predicted octanol–water partition coefficient (Wildman–Crippen LogP) is 1.66. The highest BCUT2D eigenvalue weighted by molar-refractivity contribution is 9.10. The molecule has 0 aromatic carbocycles. The van der Waals surface area contributed by atoms with Crippen LogP contribution in [0, 0.1) is 0 Å². The fourth-order valence-electron chi connectivity index (χ4n) is 2.25. The molecule has 0 N–H and O–H groups in total. The number of halogens is 1. The number of hydrogen-bond donors (Lipinski definition) is 0. The first-order valence-corrected chi connectivity index (χ1v) is 5.70. The van der Waals surface area contributed by atoms with Gasteiger partial charge in [0.25, 0.3) is 5.91 Å². The third-order valence-corrected chi connectivity index (χ3v) is 3.62. The molecule has 0 radical (unpaired) electrons. The highest BCUT2D eigenvalue weighted by Gasteiger charge is 2.42. The maximum atomic E-state index is 12.1. The second kappa shape index (κ2) is 3.35. The molecule has 0 aliphatic carbocycles. The molecule has 5 heteroatoms. The highest BCUT2D eigenvalue weighted by atomic mass is 79.9. The van der Waals surface area contributed by atoms with Crippen LogP contribution in [0.5, 0.6) is 0 Å². The maximum absolute atomic E-state index is 12.1. The SMILES string of the molecule is O=C(c1ccoc1Br)N1CC2CC1CO2. The van der Waals surface area contributed by atoms with E-state index in [4.69, 9.17) is 9.15 Å². The lowest BCUT2D eigenvalue weighted by atomic mass is 10.2. The van der Waals surface area contributed by atoms with Crippen LogP contribution in [0.25, 0.3) is 0 Å². The Hall–Kier alpha value is -0.810. The predicted molar refractivity (Wildman–Crippen MR) is 55.6 cm³/mol. The molecule has 1 amide bonds. The van der Waals surface area contributed by atoms with Gasteiger partial charge in [0.2, 0.25) is 0 Å². The van der Waals surface area contributed by atoms with Crippen molar-refractivity contribution in [2.45, 2.75) is 18.6 Å². The van der Waals surface area contributed by atoms with E-state index in [1.165, 1.54) is 6.26 Å². The summed E-state index contributed by atoms with van der Waals surface area (Å²) in [6.45, 7) is 1.38. The smallest absolute Gasteiger partial charge is 0.258 e. The molecule has 2 saturated heterocycles. The Morgan fingerprint density at radius 1 is 1.60 bits per heavy atom. The van der Waals surface area contributed by atoms with Gasteiger partial charge in [0, 0.05) is 6.54 Å². The zero-order chi connectivity index (χ0) is 10.4. The zero-order valence-corrected chi connectivity index (χ0v) is 9.57. The molecule has 3 rings (SSSR count). The van der Waals surface area contributed by atoms with Crippen LogP contribution in [-0.2, 0) is 4.74 Å². The number of ether oxygens (including phenoxy) is 1. The van der Waals surface area contributed by atoms with Gasteiger partial charge >= 0.3 is 0 Å². The second-order valence-electron chi connectivity index (χ2n) is 3.91. The van der Waals surface area contributed by atoms with Gasteiger partial charge in [-0.3, -0.25) is 4.79 Å². The molecule has 0 saturated carbocycles. The molecule has 1 aromatic heterocycles. The van der Waals surface area contributed by atoms with Gasteiger partial charge in [-0.2, -0.15) is 0 Å². The topological polar surface area (TPSA) is 42.7 Å². The molecule has 2 fully saturated rings. The minimum Gasteiger partial charge on any atom is -0.457 e. The van der Waals surface area contributed by atoms with E-state index in [-0.39, 0.29) is 18.1 Å². The van der Waals surface area contributed by atoms with Crippen LogP contribution in [0.1, 0.15) is 16.8 Å². The van der Waals surface area contributed by atoms with Gasteiger partial charge in [-0.1, -0.05) is 0 Å². The average Bonchev–Trinajstić information content (AvgIpc) is 2.91. The summed E-state index contributed by atoms with van der Waals surface area (Å²) in [6.07, 6.45) is 2.73. The minimum absolute atomic E-state index is 0.0337. The van der Waals surface area contributed by atoms with Crippen LogP contribution in [0.2, 0.25) is 0 Å². The number of nitrogens with zero attached hydrogens (tertiary/aromatic N) is 1. The number of hydrogen-bond acceptors (Lipinski definition) is 3.